The highest BCUT2D eigenvalue weighted by Gasteiger charge is 2.34. The molecule has 5 nitrogen and oxygen atoms in total. The maximum absolute atomic E-state index is 12.6. The van der Waals surface area contributed by atoms with Crippen LogP contribution in [0.5, 0.6) is 5.75 Å². The summed E-state index contributed by atoms with van der Waals surface area (Å²) >= 11 is 6.57. The Morgan fingerprint density at radius 1 is 1.21 bits per heavy atom. The SMILES string of the molecule is CCC(=O)N1N=C(c2ccc(C)cc2)C[C@H]1c1cc2ccc(OC)cc2nc1Cl. The highest BCUT2D eigenvalue weighted by Crippen LogP contribution is 2.37. The van der Waals surface area contributed by atoms with Gasteiger partial charge in [0.25, 0.3) is 0 Å². The third-order valence-electron chi connectivity index (χ3n) is 5.22. The number of amides is 1. The molecule has 29 heavy (non-hydrogen) atoms. The molecule has 6 heteroatoms. The lowest BCUT2D eigenvalue weighted by Gasteiger charge is -2.22. The molecule has 2 aromatic carbocycles. The number of carbonyl (C=O) groups is 1. The van der Waals surface area contributed by atoms with E-state index in [0.717, 1.165) is 33.5 Å². The van der Waals surface area contributed by atoms with Crippen LogP contribution in [0.2, 0.25) is 5.15 Å². The van der Waals surface area contributed by atoms with Gasteiger partial charge < -0.3 is 4.74 Å². The molecule has 0 aliphatic carbocycles. The molecule has 2 heterocycles. The van der Waals surface area contributed by atoms with Crippen molar-refractivity contribution < 1.29 is 9.53 Å². The smallest absolute Gasteiger partial charge is 0.242 e. The van der Waals surface area contributed by atoms with Crippen molar-refractivity contribution in [2.24, 2.45) is 5.10 Å². The quantitative estimate of drug-likeness (QED) is 0.552. The number of benzene rings is 2. The molecule has 1 amide bonds. The van der Waals surface area contributed by atoms with Crippen LogP contribution in [0.15, 0.2) is 53.6 Å². The first-order chi connectivity index (χ1) is 14.0. The fraction of sp³-hybridized carbons (Fsp3) is 0.261. The molecule has 0 N–H and O–H groups in total. The number of aromatic nitrogens is 1. The second-order valence-corrected chi connectivity index (χ2v) is 7.51. The van der Waals surface area contributed by atoms with Crippen LogP contribution in [0, 0.1) is 6.92 Å². The van der Waals surface area contributed by atoms with Crippen molar-refractivity contribution >= 4 is 34.1 Å². The van der Waals surface area contributed by atoms with E-state index < -0.39 is 0 Å². The van der Waals surface area contributed by atoms with Gasteiger partial charge in [0.05, 0.1) is 24.4 Å². The van der Waals surface area contributed by atoms with Gasteiger partial charge in [0, 0.05) is 29.9 Å². The van der Waals surface area contributed by atoms with Crippen LogP contribution in [-0.4, -0.2) is 28.7 Å². The van der Waals surface area contributed by atoms with Gasteiger partial charge in [-0.1, -0.05) is 48.4 Å². The van der Waals surface area contributed by atoms with E-state index in [2.05, 4.69) is 22.2 Å². The number of halogens is 1. The van der Waals surface area contributed by atoms with E-state index in [1.165, 1.54) is 5.56 Å². The Labute approximate surface area is 175 Å². The number of nitrogens with zero attached hydrogens (tertiary/aromatic N) is 3. The molecule has 3 aromatic rings. The van der Waals surface area contributed by atoms with Crippen molar-refractivity contribution in [3.8, 4) is 5.75 Å². The molecule has 0 saturated heterocycles. The van der Waals surface area contributed by atoms with Gasteiger partial charge >= 0.3 is 0 Å². The van der Waals surface area contributed by atoms with Crippen LogP contribution in [0.3, 0.4) is 0 Å². The Balaban J connectivity index is 1.75. The Morgan fingerprint density at radius 2 is 1.97 bits per heavy atom. The van der Waals surface area contributed by atoms with Crippen molar-refractivity contribution in [2.75, 3.05) is 7.11 Å². The van der Waals surface area contributed by atoms with E-state index >= 15 is 0 Å². The predicted octanol–water partition coefficient (Wildman–Crippen LogP) is 5.29. The summed E-state index contributed by atoms with van der Waals surface area (Å²) in [6.45, 7) is 3.89. The predicted molar refractivity (Wildman–Crippen MR) is 116 cm³/mol. The molecule has 0 radical (unpaired) electrons. The summed E-state index contributed by atoms with van der Waals surface area (Å²) in [7, 11) is 1.62. The van der Waals surface area contributed by atoms with Crippen molar-refractivity contribution in [3.63, 3.8) is 0 Å². The minimum atomic E-state index is -0.273. The Hall–Kier alpha value is -2.92. The summed E-state index contributed by atoms with van der Waals surface area (Å²) in [5, 5.41) is 7.54. The number of pyridine rings is 1. The second kappa shape index (κ2) is 7.84. The van der Waals surface area contributed by atoms with Crippen molar-refractivity contribution in [1.82, 2.24) is 9.99 Å². The number of hydrazone groups is 1. The number of fused-ring (bicyclic) bond motifs is 1. The fourth-order valence-corrected chi connectivity index (χ4v) is 3.84. The molecule has 0 spiro atoms. The molecule has 1 aromatic heterocycles. The maximum Gasteiger partial charge on any atom is 0.242 e. The van der Waals surface area contributed by atoms with E-state index in [9.17, 15) is 4.79 Å². The number of methoxy groups -OCH3 is 1. The highest BCUT2D eigenvalue weighted by atomic mass is 35.5. The van der Waals surface area contributed by atoms with E-state index in [0.29, 0.717) is 18.0 Å². The number of hydrogen-bond acceptors (Lipinski definition) is 4. The molecule has 148 valence electrons. The van der Waals surface area contributed by atoms with Gasteiger partial charge in [-0.05, 0) is 30.7 Å². The monoisotopic (exact) mass is 407 g/mol. The summed E-state index contributed by atoms with van der Waals surface area (Å²) < 4.78 is 5.27. The number of aryl methyl sites for hydroxylation is 1. The zero-order valence-corrected chi connectivity index (χ0v) is 17.4. The first kappa shape index (κ1) is 19.4. The summed E-state index contributed by atoms with van der Waals surface area (Å²) in [5.74, 6) is 0.686. The topological polar surface area (TPSA) is 54.8 Å². The molecule has 1 atom stereocenters. The van der Waals surface area contributed by atoms with Crippen molar-refractivity contribution in [1.29, 1.82) is 0 Å². The normalized spacial score (nSPS) is 16.2. The van der Waals surface area contributed by atoms with Crippen molar-refractivity contribution in [3.05, 3.63) is 70.4 Å². The molecule has 4 rings (SSSR count). The molecule has 0 saturated carbocycles. The van der Waals surface area contributed by atoms with Gasteiger partial charge in [0.1, 0.15) is 10.9 Å². The van der Waals surface area contributed by atoms with E-state index in [1.54, 1.807) is 12.1 Å². The number of hydrogen-bond donors (Lipinski definition) is 0. The van der Waals surface area contributed by atoms with E-state index in [4.69, 9.17) is 16.3 Å². The van der Waals surface area contributed by atoms with Crippen LogP contribution in [0.25, 0.3) is 10.9 Å². The van der Waals surface area contributed by atoms with Crippen molar-refractivity contribution in [2.45, 2.75) is 32.7 Å². The number of carbonyl (C=O) groups excluding carboxylic acids is 1. The first-order valence-corrected chi connectivity index (χ1v) is 9.98. The van der Waals surface area contributed by atoms with Crippen LogP contribution in [0.4, 0.5) is 0 Å². The minimum absolute atomic E-state index is 0.0389. The molecule has 0 bridgehead atoms. The van der Waals surface area contributed by atoms with E-state index in [1.807, 2.05) is 50.2 Å². The Kier molecular flexibility index (Phi) is 5.24. The van der Waals surface area contributed by atoms with Crippen LogP contribution >= 0.6 is 11.6 Å². The third-order valence-corrected chi connectivity index (χ3v) is 5.52. The third kappa shape index (κ3) is 3.70. The maximum atomic E-state index is 12.6. The van der Waals surface area contributed by atoms with Gasteiger partial charge in [0.15, 0.2) is 0 Å². The van der Waals surface area contributed by atoms with E-state index in [-0.39, 0.29) is 11.9 Å². The molecule has 1 aliphatic heterocycles. The van der Waals surface area contributed by atoms with Crippen LogP contribution in [-0.2, 0) is 4.79 Å². The largest absolute Gasteiger partial charge is 0.497 e. The lowest BCUT2D eigenvalue weighted by molar-refractivity contribution is -0.132. The molecule has 0 fully saturated rings. The lowest BCUT2D eigenvalue weighted by atomic mass is 9.98. The highest BCUT2D eigenvalue weighted by molar-refractivity contribution is 6.30. The minimum Gasteiger partial charge on any atom is -0.497 e. The number of rotatable bonds is 4. The van der Waals surface area contributed by atoms with Gasteiger partial charge in [-0.2, -0.15) is 5.10 Å². The number of ether oxygens (including phenoxy) is 1. The average molecular weight is 408 g/mol. The average Bonchev–Trinajstić information content (AvgIpc) is 3.17. The zero-order valence-electron chi connectivity index (χ0n) is 16.6. The summed E-state index contributed by atoms with van der Waals surface area (Å²) in [6.07, 6.45) is 0.967. The van der Waals surface area contributed by atoms with Gasteiger partial charge in [0.2, 0.25) is 5.91 Å². The first-order valence-electron chi connectivity index (χ1n) is 9.61. The summed E-state index contributed by atoms with van der Waals surface area (Å²) in [4.78, 5) is 17.2. The van der Waals surface area contributed by atoms with Gasteiger partial charge in [-0.3, -0.25) is 4.79 Å². The molecule has 0 unspecified atom stereocenters. The molecule has 1 aliphatic rings. The Bertz CT molecular complexity index is 1110. The van der Waals surface area contributed by atoms with Gasteiger partial charge in [-0.25, -0.2) is 9.99 Å². The lowest BCUT2D eigenvalue weighted by Crippen LogP contribution is -2.26. The summed E-state index contributed by atoms with van der Waals surface area (Å²) in [5.41, 5.74) is 4.63. The van der Waals surface area contributed by atoms with Crippen LogP contribution < -0.4 is 4.74 Å². The zero-order chi connectivity index (χ0) is 20.5. The molecular formula is C23H22ClN3O2. The molecular weight excluding hydrogens is 386 g/mol. The van der Waals surface area contributed by atoms with Gasteiger partial charge in [-0.15, -0.1) is 0 Å². The van der Waals surface area contributed by atoms with Crippen LogP contribution in [0.1, 0.15) is 42.5 Å². The second-order valence-electron chi connectivity index (χ2n) is 7.15. The summed E-state index contributed by atoms with van der Waals surface area (Å²) in [6, 6.07) is 15.6. The standard InChI is InChI=1S/C23H22ClN3O2/c1-4-22(28)27-21(13-20(26-27)15-7-5-14(2)6-8-15)18-11-16-9-10-17(29-3)12-19(16)25-23(18)24/h5-12,21H,4,13H2,1-3H3/t21-/m0/s1. The fourth-order valence-electron chi connectivity index (χ4n) is 3.57. The Morgan fingerprint density at radius 3 is 2.66 bits per heavy atom.